The normalized spacial score (nSPS) is 11.4. The monoisotopic (exact) mass is 188 g/mol. The smallest absolute Gasteiger partial charge is 0.269 e. The first kappa shape index (κ1) is 9.02. The molecule has 0 spiro atoms. The number of phenols is 1. The molecule has 66 valence electrons. The van der Waals surface area contributed by atoms with E-state index in [1.165, 1.54) is 24.3 Å². The molecule has 0 aliphatic carbocycles. The van der Waals surface area contributed by atoms with Crippen molar-refractivity contribution in [3.05, 3.63) is 29.8 Å². The molecule has 0 saturated carbocycles. The van der Waals surface area contributed by atoms with Gasteiger partial charge in [0.15, 0.2) is 0 Å². The Bertz CT molecular complexity index is 351. The lowest BCUT2D eigenvalue weighted by Gasteiger charge is -1.97. The van der Waals surface area contributed by atoms with Gasteiger partial charge in [0.25, 0.3) is 10.1 Å². The van der Waals surface area contributed by atoms with E-state index in [0.29, 0.717) is 5.56 Å². The molecule has 0 fully saturated rings. The van der Waals surface area contributed by atoms with E-state index in [2.05, 4.69) is 0 Å². The number of hydrogen-bond donors (Lipinski definition) is 2. The third-order valence-electron chi connectivity index (χ3n) is 1.29. The van der Waals surface area contributed by atoms with Gasteiger partial charge in [0.2, 0.25) is 0 Å². The van der Waals surface area contributed by atoms with Crippen molar-refractivity contribution in [2.24, 2.45) is 0 Å². The second-order valence-electron chi connectivity index (χ2n) is 2.39. The summed E-state index contributed by atoms with van der Waals surface area (Å²) < 4.78 is 29.2. The first-order valence-corrected chi connectivity index (χ1v) is 4.81. The fourth-order valence-electron chi connectivity index (χ4n) is 0.803. The van der Waals surface area contributed by atoms with E-state index in [4.69, 9.17) is 9.66 Å². The summed E-state index contributed by atoms with van der Waals surface area (Å²) in [6.07, 6.45) is 0. The number of phenolic OH excluding ortho intramolecular Hbond substituents is 1. The summed E-state index contributed by atoms with van der Waals surface area (Å²) in [6.45, 7) is 0. The molecule has 0 radical (unpaired) electrons. The Morgan fingerprint density at radius 2 is 1.67 bits per heavy atom. The highest BCUT2D eigenvalue weighted by Crippen LogP contribution is 2.11. The Balaban J connectivity index is 2.85. The maximum absolute atomic E-state index is 10.4. The van der Waals surface area contributed by atoms with E-state index in [0.717, 1.165) is 0 Å². The highest BCUT2D eigenvalue weighted by Gasteiger charge is 2.05. The molecule has 0 atom stereocenters. The quantitative estimate of drug-likeness (QED) is 0.672. The van der Waals surface area contributed by atoms with Crippen molar-refractivity contribution < 1.29 is 18.1 Å². The second-order valence-corrected chi connectivity index (χ2v) is 3.85. The molecule has 0 aliphatic rings. The molecule has 2 N–H and O–H groups in total. The summed E-state index contributed by atoms with van der Waals surface area (Å²) >= 11 is 0. The summed E-state index contributed by atoms with van der Waals surface area (Å²) in [5.41, 5.74) is 0.440. The summed E-state index contributed by atoms with van der Waals surface area (Å²) in [5, 5.41) is 8.84. The molecule has 0 amide bonds. The van der Waals surface area contributed by atoms with Crippen LogP contribution in [0, 0.1) is 0 Å². The van der Waals surface area contributed by atoms with Gasteiger partial charge in [0.1, 0.15) is 11.5 Å². The molecule has 0 unspecified atom stereocenters. The first-order chi connectivity index (χ1) is 5.47. The fourth-order valence-corrected chi connectivity index (χ4v) is 1.42. The highest BCUT2D eigenvalue weighted by atomic mass is 32.2. The summed E-state index contributed by atoms with van der Waals surface area (Å²) in [5.74, 6) is -0.359. The minimum Gasteiger partial charge on any atom is -0.508 e. The minimum absolute atomic E-state index is 0.0640. The second kappa shape index (κ2) is 3.12. The van der Waals surface area contributed by atoms with Crippen LogP contribution in [-0.2, 0) is 15.9 Å². The predicted molar refractivity (Wildman–Crippen MR) is 43.4 cm³/mol. The lowest BCUT2D eigenvalue weighted by Crippen LogP contribution is -2.00. The van der Waals surface area contributed by atoms with Crippen molar-refractivity contribution in [2.45, 2.75) is 5.75 Å². The lowest BCUT2D eigenvalue weighted by molar-refractivity contribution is 0.473. The zero-order valence-corrected chi connectivity index (χ0v) is 6.95. The maximum Gasteiger partial charge on any atom is 0.269 e. The molecule has 12 heavy (non-hydrogen) atoms. The van der Waals surface area contributed by atoms with Crippen LogP contribution >= 0.6 is 0 Å². The van der Waals surface area contributed by atoms with Crippen molar-refractivity contribution >= 4 is 10.1 Å². The molecular weight excluding hydrogens is 180 g/mol. The average Bonchev–Trinajstić information content (AvgIpc) is 1.91. The molecule has 1 aromatic carbocycles. The fraction of sp³-hybridized carbons (Fsp3) is 0.143. The lowest BCUT2D eigenvalue weighted by atomic mass is 10.2. The molecule has 0 bridgehead atoms. The topological polar surface area (TPSA) is 74.6 Å². The van der Waals surface area contributed by atoms with Gasteiger partial charge >= 0.3 is 0 Å². The third kappa shape index (κ3) is 2.89. The van der Waals surface area contributed by atoms with Crippen LogP contribution in [0.4, 0.5) is 0 Å². The SMILES string of the molecule is O=S(=O)(O)Cc1ccc(O)cc1. The first-order valence-electron chi connectivity index (χ1n) is 3.20. The largest absolute Gasteiger partial charge is 0.508 e. The summed E-state index contributed by atoms with van der Waals surface area (Å²) in [6, 6.07) is 5.59. The van der Waals surface area contributed by atoms with Gasteiger partial charge in [-0.3, -0.25) is 4.55 Å². The number of aromatic hydroxyl groups is 1. The van der Waals surface area contributed by atoms with Gasteiger partial charge in [0, 0.05) is 0 Å². The minimum atomic E-state index is -3.97. The Hall–Kier alpha value is -1.07. The maximum atomic E-state index is 10.4. The molecular formula is C7H8O4S. The number of benzene rings is 1. The number of hydrogen-bond acceptors (Lipinski definition) is 3. The van der Waals surface area contributed by atoms with Crippen molar-refractivity contribution in [3.8, 4) is 5.75 Å². The van der Waals surface area contributed by atoms with Crippen LogP contribution in [0.2, 0.25) is 0 Å². The molecule has 0 aromatic heterocycles. The van der Waals surface area contributed by atoms with Crippen molar-refractivity contribution in [1.82, 2.24) is 0 Å². The third-order valence-corrected chi connectivity index (χ3v) is 1.98. The predicted octanol–water partition coefficient (Wildman–Crippen LogP) is 0.780. The van der Waals surface area contributed by atoms with E-state index in [9.17, 15) is 8.42 Å². The van der Waals surface area contributed by atoms with E-state index in [1.54, 1.807) is 0 Å². The van der Waals surface area contributed by atoms with E-state index >= 15 is 0 Å². The van der Waals surface area contributed by atoms with E-state index in [1.807, 2.05) is 0 Å². The Kier molecular flexibility index (Phi) is 2.35. The van der Waals surface area contributed by atoms with Crippen LogP contribution in [0.1, 0.15) is 5.56 Å². The molecule has 5 heteroatoms. The van der Waals surface area contributed by atoms with Crippen LogP contribution < -0.4 is 0 Å². The van der Waals surface area contributed by atoms with Gasteiger partial charge in [-0.2, -0.15) is 8.42 Å². The summed E-state index contributed by atoms with van der Waals surface area (Å²) in [7, 11) is -3.97. The van der Waals surface area contributed by atoms with Crippen molar-refractivity contribution in [2.75, 3.05) is 0 Å². The molecule has 4 nitrogen and oxygen atoms in total. The van der Waals surface area contributed by atoms with Gasteiger partial charge in [-0.15, -0.1) is 0 Å². The zero-order chi connectivity index (χ0) is 9.19. The molecule has 0 saturated heterocycles. The van der Waals surface area contributed by atoms with Crippen molar-refractivity contribution in [3.63, 3.8) is 0 Å². The molecule has 1 rings (SSSR count). The van der Waals surface area contributed by atoms with Crippen LogP contribution in [0.3, 0.4) is 0 Å². The van der Waals surface area contributed by atoms with E-state index in [-0.39, 0.29) is 5.75 Å². The van der Waals surface area contributed by atoms with E-state index < -0.39 is 15.9 Å². The van der Waals surface area contributed by atoms with Crippen LogP contribution in [-0.4, -0.2) is 18.1 Å². The van der Waals surface area contributed by atoms with Gasteiger partial charge in [-0.05, 0) is 17.7 Å². The van der Waals surface area contributed by atoms with Gasteiger partial charge in [-0.1, -0.05) is 12.1 Å². The van der Waals surface area contributed by atoms with Gasteiger partial charge < -0.3 is 5.11 Å². The Morgan fingerprint density at radius 3 is 2.08 bits per heavy atom. The molecule has 1 aromatic rings. The van der Waals surface area contributed by atoms with Gasteiger partial charge in [-0.25, -0.2) is 0 Å². The Labute approximate surface area is 70.2 Å². The Morgan fingerprint density at radius 1 is 1.17 bits per heavy atom. The van der Waals surface area contributed by atoms with Crippen LogP contribution in [0.5, 0.6) is 5.75 Å². The van der Waals surface area contributed by atoms with Gasteiger partial charge in [0.05, 0.1) is 0 Å². The van der Waals surface area contributed by atoms with Crippen LogP contribution in [0.25, 0.3) is 0 Å². The zero-order valence-electron chi connectivity index (χ0n) is 6.14. The van der Waals surface area contributed by atoms with Crippen molar-refractivity contribution in [1.29, 1.82) is 0 Å². The average molecular weight is 188 g/mol. The summed E-state index contributed by atoms with van der Waals surface area (Å²) in [4.78, 5) is 0. The molecule has 0 heterocycles. The standard InChI is InChI=1S/C7H8O4S/c8-7-3-1-6(2-4-7)5-12(9,10)11/h1-4,8H,5H2,(H,9,10,11). The van der Waals surface area contributed by atoms with Crippen LogP contribution in [0.15, 0.2) is 24.3 Å². The highest BCUT2D eigenvalue weighted by molar-refractivity contribution is 7.85. The number of rotatable bonds is 2. The molecule has 0 aliphatic heterocycles.